The van der Waals surface area contributed by atoms with Crippen molar-refractivity contribution >= 4 is 30.4 Å². The molecule has 0 saturated carbocycles. The van der Waals surface area contributed by atoms with E-state index in [9.17, 15) is 14.4 Å². The van der Waals surface area contributed by atoms with Crippen molar-refractivity contribution in [2.75, 3.05) is 12.3 Å². The van der Waals surface area contributed by atoms with Crippen molar-refractivity contribution in [3.63, 3.8) is 0 Å². The maximum Gasteiger partial charge on any atom is 0.243 e. The maximum absolute atomic E-state index is 12.5. The fourth-order valence-electron chi connectivity index (χ4n) is 2.48. The Hall–Kier alpha value is -2.10. The lowest BCUT2D eigenvalue weighted by atomic mass is 10.0. The van der Waals surface area contributed by atoms with Gasteiger partial charge in [0.1, 0.15) is 12.1 Å². The van der Waals surface area contributed by atoms with Crippen LogP contribution in [0.3, 0.4) is 0 Å². The summed E-state index contributed by atoms with van der Waals surface area (Å²) >= 11 is 4.00. The van der Waals surface area contributed by atoms with Gasteiger partial charge < -0.3 is 27.8 Å². The highest BCUT2D eigenvalue weighted by Crippen LogP contribution is 2.05. The number of benzene rings is 1. The smallest absolute Gasteiger partial charge is 0.243 e. The molecule has 9 heteroatoms. The van der Waals surface area contributed by atoms with E-state index in [0.29, 0.717) is 32.2 Å². The van der Waals surface area contributed by atoms with Crippen molar-refractivity contribution in [2.24, 2.45) is 17.2 Å². The number of unbranched alkanes of at least 4 members (excludes halogenated alkanes) is 1. The average Bonchev–Trinajstić information content (AvgIpc) is 2.65. The van der Waals surface area contributed by atoms with E-state index in [2.05, 4.69) is 23.3 Å². The van der Waals surface area contributed by atoms with Crippen molar-refractivity contribution in [1.82, 2.24) is 10.6 Å². The highest BCUT2D eigenvalue weighted by Gasteiger charge is 2.26. The van der Waals surface area contributed by atoms with Crippen molar-refractivity contribution in [3.05, 3.63) is 35.9 Å². The topological polar surface area (TPSA) is 153 Å². The quantitative estimate of drug-likeness (QED) is 0.199. The highest BCUT2D eigenvalue weighted by molar-refractivity contribution is 7.80. The first kappa shape index (κ1) is 22.9. The molecule has 1 aromatic carbocycles. The average molecular weight is 396 g/mol. The summed E-state index contributed by atoms with van der Waals surface area (Å²) in [5, 5.41) is 5.18. The minimum absolute atomic E-state index is 0.0675. The molecule has 27 heavy (non-hydrogen) atoms. The van der Waals surface area contributed by atoms with Crippen LogP contribution in [0.5, 0.6) is 0 Å². The zero-order chi connectivity index (χ0) is 20.2. The summed E-state index contributed by atoms with van der Waals surface area (Å²) in [6.45, 7) is 0.482. The van der Waals surface area contributed by atoms with Crippen molar-refractivity contribution in [3.8, 4) is 0 Å². The van der Waals surface area contributed by atoms with E-state index in [0.717, 1.165) is 5.56 Å². The van der Waals surface area contributed by atoms with Gasteiger partial charge in [-0.1, -0.05) is 30.3 Å². The third-order valence-electron chi connectivity index (χ3n) is 4.06. The molecule has 0 aromatic heterocycles. The Bertz CT molecular complexity index is 614. The lowest BCUT2D eigenvalue weighted by Crippen LogP contribution is -2.56. The Kier molecular flexibility index (Phi) is 10.5. The molecule has 0 fully saturated rings. The van der Waals surface area contributed by atoms with Crippen molar-refractivity contribution in [2.45, 2.75) is 43.8 Å². The van der Waals surface area contributed by atoms with Crippen LogP contribution >= 0.6 is 12.6 Å². The SMILES string of the molecule is NCCCC[C@H](NC(=O)[C@@H](N)Cc1ccccc1)C(=O)N[C@@H](CS)C(N)=O. The lowest BCUT2D eigenvalue weighted by Gasteiger charge is -2.22. The van der Waals surface area contributed by atoms with Crippen LogP contribution in [0.25, 0.3) is 0 Å². The fourth-order valence-corrected chi connectivity index (χ4v) is 2.75. The number of primary amides is 1. The molecule has 1 rings (SSSR count). The predicted octanol–water partition coefficient (Wildman–Crippen LogP) is -0.930. The molecule has 3 amide bonds. The summed E-state index contributed by atoms with van der Waals surface area (Å²) < 4.78 is 0. The Labute approximate surface area is 165 Å². The second kappa shape index (κ2) is 12.3. The number of thiol groups is 1. The number of carbonyl (C=O) groups excluding carboxylic acids is 3. The van der Waals surface area contributed by atoms with Crippen LogP contribution in [-0.2, 0) is 20.8 Å². The Morgan fingerprint density at radius 2 is 1.63 bits per heavy atom. The minimum atomic E-state index is -0.910. The molecule has 0 bridgehead atoms. The van der Waals surface area contributed by atoms with E-state index in [1.807, 2.05) is 30.3 Å². The number of carbonyl (C=O) groups is 3. The van der Waals surface area contributed by atoms with Crippen LogP contribution in [0.4, 0.5) is 0 Å². The van der Waals surface area contributed by atoms with Gasteiger partial charge in [0.2, 0.25) is 17.7 Å². The zero-order valence-electron chi connectivity index (χ0n) is 15.3. The number of nitrogens with one attached hydrogen (secondary N) is 2. The van der Waals surface area contributed by atoms with Gasteiger partial charge in [0.25, 0.3) is 0 Å². The monoisotopic (exact) mass is 395 g/mol. The molecule has 0 aliphatic heterocycles. The molecule has 0 aliphatic rings. The molecule has 0 heterocycles. The van der Waals surface area contributed by atoms with Crippen molar-refractivity contribution in [1.29, 1.82) is 0 Å². The summed E-state index contributed by atoms with van der Waals surface area (Å²) in [6, 6.07) is 6.83. The number of nitrogens with two attached hydrogens (primary N) is 3. The van der Waals surface area contributed by atoms with E-state index in [-0.39, 0.29) is 5.75 Å². The molecule has 8 N–H and O–H groups in total. The van der Waals surface area contributed by atoms with Gasteiger partial charge >= 0.3 is 0 Å². The van der Waals surface area contributed by atoms with E-state index in [1.165, 1.54) is 0 Å². The predicted molar refractivity (Wildman–Crippen MR) is 108 cm³/mol. The molecule has 0 aliphatic carbocycles. The zero-order valence-corrected chi connectivity index (χ0v) is 16.2. The molecule has 1 aromatic rings. The highest BCUT2D eigenvalue weighted by atomic mass is 32.1. The van der Waals surface area contributed by atoms with Gasteiger partial charge in [-0.3, -0.25) is 14.4 Å². The second-order valence-corrected chi connectivity index (χ2v) is 6.65. The Balaban J connectivity index is 2.72. The molecular formula is C18H29N5O3S. The molecule has 0 spiro atoms. The van der Waals surface area contributed by atoms with E-state index in [4.69, 9.17) is 17.2 Å². The number of rotatable bonds is 12. The van der Waals surface area contributed by atoms with Gasteiger partial charge in [-0.25, -0.2) is 0 Å². The van der Waals surface area contributed by atoms with Gasteiger partial charge in [0, 0.05) is 5.75 Å². The number of amides is 3. The van der Waals surface area contributed by atoms with Crippen LogP contribution in [-0.4, -0.2) is 48.1 Å². The Morgan fingerprint density at radius 1 is 1.00 bits per heavy atom. The van der Waals surface area contributed by atoms with Crippen molar-refractivity contribution < 1.29 is 14.4 Å². The first-order chi connectivity index (χ1) is 12.9. The third-order valence-corrected chi connectivity index (χ3v) is 4.42. The number of hydrogen-bond donors (Lipinski definition) is 6. The van der Waals surface area contributed by atoms with Gasteiger partial charge in [-0.2, -0.15) is 12.6 Å². The molecule has 3 atom stereocenters. The Morgan fingerprint density at radius 3 is 2.19 bits per heavy atom. The second-order valence-electron chi connectivity index (χ2n) is 6.29. The van der Waals surface area contributed by atoms with Crippen LogP contribution < -0.4 is 27.8 Å². The molecule has 0 saturated heterocycles. The summed E-state index contributed by atoms with van der Waals surface area (Å²) in [7, 11) is 0. The van der Waals surface area contributed by atoms with E-state index < -0.39 is 35.8 Å². The third kappa shape index (κ3) is 8.42. The molecule has 150 valence electrons. The first-order valence-corrected chi connectivity index (χ1v) is 9.52. The van der Waals surface area contributed by atoms with Crippen LogP contribution in [0, 0.1) is 0 Å². The van der Waals surface area contributed by atoms with Crippen LogP contribution in [0.2, 0.25) is 0 Å². The first-order valence-electron chi connectivity index (χ1n) is 8.89. The normalized spacial score (nSPS) is 14.0. The molecule has 8 nitrogen and oxygen atoms in total. The van der Waals surface area contributed by atoms with Crippen LogP contribution in [0.1, 0.15) is 24.8 Å². The van der Waals surface area contributed by atoms with Gasteiger partial charge in [-0.05, 0) is 37.8 Å². The van der Waals surface area contributed by atoms with E-state index >= 15 is 0 Å². The fraction of sp³-hybridized carbons (Fsp3) is 0.500. The maximum atomic E-state index is 12.5. The summed E-state index contributed by atoms with van der Waals surface area (Å²) in [6.07, 6.45) is 2.09. The summed E-state index contributed by atoms with van der Waals surface area (Å²) in [5.41, 5.74) is 17.6. The van der Waals surface area contributed by atoms with E-state index in [1.54, 1.807) is 0 Å². The largest absolute Gasteiger partial charge is 0.368 e. The van der Waals surface area contributed by atoms with Crippen LogP contribution in [0.15, 0.2) is 30.3 Å². The summed E-state index contributed by atoms with van der Waals surface area (Å²) in [4.78, 5) is 36.2. The van der Waals surface area contributed by atoms with Gasteiger partial charge in [-0.15, -0.1) is 0 Å². The summed E-state index contributed by atoms with van der Waals surface area (Å²) in [5.74, 6) is -1.55. The van der Waals surface area contributed by atoms with Gasteiger partial charge in [0.15, 0.2) is 0 Å². The number of hydrogen-bond acceptors (Lipinski definition) is 6. The minimum Gasteiger partial charge on any atom is -0.368 e. The lowest BCUT2D eigenvalue weighted by molar-refractivity contribution is -0.131. The van der Waals surface area contributed by atoms with Gasteiger partial charge in [0.05, 0.1) is 6.04 Å². The molecule has 0 unspecified atom stereocenters. The standard InChI is InChI=1S/C18H29N5O3S/c19-9-5-4-8-14(18(26)23-15(11-27)16(21)24)22-17(25)13(20)10-12-6-2-1-3-7-12/h1-3,6-7,13-15,27H,4-5,8-11,19-20H2,(H2,21,24)(H,22,25)(H,23,26)/t13-,14-,15-/m0/s1. The molecular weight excluding hydrogens is 366 g/mol. The molecule has 0 radical (unpaired) electrons.